The van der Waals surface area contributed by atoms with E-state index in [0.29, 0.717) is 11.4 Å². The van der Waals surface area contributed by atoms with E-state index in [-0.39, 0.29) is 55.1 Å². The maximum absolute atomic E-state index is 13.0. The van der Waals surface area contributed by atoms with Crippen molar-refractivity contribution >= 4 is 21.8 Å². The molecule has 1 aliphatic rings. The second kappa shape index (κ2) is 9.70. The highest BCUT2D eigenvalue weighted by atomic mass is 32.2. The van der Waals surface area contributed by atoms with Crippen molar-refractivity contribution in [3.8, 4) is 5.75 Å². The predicted octanol–water partition coefficient (Wildman–Crippen LogP) is 1.40. The van der Waals surface area contributed by atoms with E-state index in [1.807, 2.05) is 0 Å². The molecule has 1 saturated heterocycles. The molecule has 1 N–H and O–H groups in total. The fourth-order valence-corrected chi connectivity index (χ4v) is 5.50. The third kappa shape index (κ3) is 5.10. The maximum atomic E-state index is 13.0. The zero-order valence-corrected chi connectivity index (χ0v) is 19.4. The first kappa shape index (κ1) is 23.7. The molecule has 2 aromatic rings. The van der Waals surface area contributed by atoms with Crippen LogP contribution in [0, 0.1) is 13.8 Å². The Morgan fingerprint density at radius 1 is 1.16 bits per heavy atom. The van der Waals surface area contributed by atoms with Crippen molar-refractivity contribution < 1.29 is 27.3 Å². The number of hydrogen-bond donors (Lipinski definition) is 1. The summed E-state index contributed by atoms with van der Waals surface area (Å²) < 4.78 is 37.4. The summed E-state index contributed by atoms with van der Waals surface area (Å²) in [5, 5.41) is 6.55. The van der Waals surface area contributed by atoms with Gasteiger partial charge >= 0.3 is 0 Å². The molecule has 1 atom stereocenters. The molecule has 0 saturated carbocycles. The normalized spacial score (nSPS) is 15.9. The number of piperazine rings is 1. The van der Waals surface area contributed by atoms with E-state index in [4.69, 9.17) is 9.26 Å². The number of hydrogen-bond acceptors (Lipinski definition) is 7. The molecule has 174 valence electrons. The van der Waals surface area contributed by atoms with Gasteiger partial charge in [0.05, 0.1) is 19.6 Å². The van der Waals surface area contributed by atoms with Gasteiger partial charge in [0.2, 0.25) is 21.8 Å². The Labute approximate surface area is 187 Å². The number of sulfonamides is 1. The van der Waals surface area contributed by atoms with E-state index in [1.165, 1.54) is 11.2 Å². The van der Waals surface area contributed by atoms with Crippen LogP contribution in [0.15, 0.2) is 33.7 Å². The highest BCUT2D eigenvalue weighted by Crippen LogP contribution is 2.25. The van der Waals surface area contributed by atoms with Crippen LogP contribution in [0.5, 0.6) is 5.75 Å². The van der Waals surface area contributed by atoms with Crippen LogP contribution in [0.3, 0.4) is 0 Å². The number of ether oxygens (including phenoxy) is 1. The molecule has 0 spiro atoms. The Morgan fingerprint density at radius 3 is 2.28 bits per heavy atom. The van der Waals surface area contributed by atoms with E-state index in [2.05, 4.69) is 10.5 Å². The summed E-state index contributed by atoms with van der Waals surface area (Å²) in [5.74, 6) is 0.527. The Bertz CT molecular complexity index is 1050. The topological polar surface area (TPSA) is 122 Å². The van der Waals surface area contributed by atoms with Gasteiger partial charge < -0.3 is 19.5 Å². The quantitative estimate of drug-likeness (QED) is 0.657. The van der Waals surface area contributed by atoms with Crippen LogP contribution < -0.4 is 10.1 Å². The molecule has 1 aromatic heterocycles. The van der Waals surface area contributed by atoms with Crippen LogP contribution in [0.1, 0.15) is 36.4 Å². The molecule has 2 heterocycles. The number of aromatic nitrogens is 1. The van der Waals surface area contributed by atoms with Crippen molar-refractivity contribution in [1.82, 2.24) is 19.7 Å². The summed E-state index contributed by atoms with van der Waals surface area (Å²) in [5.41, 5.74) is 1.10. The van der Waals surface area contributed by atoms with Crippen LogP contribution >= 0.6 is 0 Å². The fourth-order valence-electron chi connectivity index (χ4n) is 3.79. The predicted molar refractivity (Wildman–Crippen MR) is 115 cm³/mol. The van der Waals surface area contributed by atoms with Crippen molar-refractivity contribution in [1.29, 1.82) is 0 Å². The number of nitrogens with zero attached hydrogens (tertiary/aromatic N) is 3. The molecule has 0 unspecified atom stereocenters. The molecule has 3 rings (SSSR count). The molecule has 2 amide bonds. The first-order valence-corrected chi connectivity index (χ1v) is 11.7. The lowest BCUT2D eigenvalue weighted by atomic mass is 10.0. The van der Waals surface area contributed by atoms with Crippen LogP contribution in [0.4, 0.5) is 0 Å². The summed E-state index contributed by atoms with van der Waals surface area (Å²) in [6.45, 7) is 5.42. The van der Waals surface area contributed by atoms with Crippen molar-refractivity contribution in [2.45, 2.75) is 38.1 Å². The maximum Gasteiger partial charge on any atom is 0.248 e. The summed E-state index contributed by atoms with van der Waals surface area (Å²) in [6, 6.07) is 6.66. The van der Waals surface area contributed by atoms with Gasteiger partial charge in [-0.3, -0.25) is 9.59 Å². The average molecular weight is 465 g/mol. The van der Waals surface area contributed by atoms with E-state index in [0.717, 1.165) is 5.56 Å². The molecule has 0 bridgehead atoms. The van der Waals surface area contributed by atoms with Crippen molar-refractivity contribution in [2.24, 2.45) is 0 Å². The van der Waals surface area contributed by atoms with E-state index >= 15 is 0 Å². The first-order valence-electron chi connectivity index (χ1n) is 10.2. The van der Waals surface area contributed by atoms with Gasteiger partial charge in [-0.15, -0.1) is 0 Å². The Balaban J connectivity index is 1.66. The second-order valence-corrected chi connectivity index (χ2v) is 9.54. The van der Waals surface area contributed by atoms with Crippen LogP contribution in [0.2, 0.25) is 0 Å². The molecule has 1 aliphatic heterocycles. The van der Waals surface area contributed by atoms with Crippen LogP contribution in [0.25, 0.3) is 0 Å². The van der Waals surface area contributed by atoms with E-state index in [1.54, 1.807) is 50.1 Å². The van der Waals surface area contributed by atoms with Gasteiger partial charge in [-0.1, -0.05) is 17.3 Å². The number of aryl methyl sites for hydroxylation is 2. The molecular weight excluding hydrogens is 436 g/mol. The van der Waals surface area contributed by atoms with Crippen molar-refractivity contribution in [2.75, 3.05) is 33.3 Å². The highest BCUT2D eigenvalue weighted by Gasteiger charge is 2.34. The number of methoxy groups -OCH3 is 1. The minimum Gasteiger partial charge on any atom is -0.497 e. The zero-order valence-electron chi connectivity index (χ0n) is 18.6. The fraction of sp³-hybridized carbons (Fsp3) is 0.476. The standard InChI is InChI=1S/C21H28N4O6S/c1-14-21(15(2)31-23-14)32(28,29)25-11-9-24(10-12-25)20(27)13-19(22-16(3)26)17-5-7-18(30-4)8-6-17/h5-8,19H,9-13H2,1-4H3,(H,22,26)/t19-/m0/s1. The number of benzene rings is 1. The number of carbonyl (C=O) groups excluding carboxylic acids is 2. The third-order valence-corrected chi connectivity index (χ3v) is 7.58. The number of amides is 2. The van der Waals surface area contributed by atoms with Gasteiger partial charge in [-0.2, -0.15) is 4.31 Å². The highest BCUT2D eigenvalue weighted by molar-refractivity contribution is 7.89. The average Bonchev–Trinajstić information content (AvgIpc) is 3.11. The minimum atomic E-state index is -3.75. The molecule has 32 heavy (non-hydrogen) atoms. The lowest BCUT2D eigenvalue weighted by molar-refractivity contribution is -0.133. The minimum absolute atomic E-state index is 0.0720. The lowest BCUT2D eigenvalue weighted by Gasteiger charge is -2.34. The van der Waals surface area contributed by atoms with Gasteiger partial charge in [-0.25, -0.2) is 8.42 Å². The monoisotopic (exact) mass is 464 g/mol. The largest absolute Gasteiger partial charge is 0.497 e. The van der Waals surface area contributed by atoms with Gasteiger partial charge in [0, 0.05) is 33.1 Å². The Hall–Kier alpha value is -2.92. The molecular formula is C21H28N4O6S. The van der Waals surface area contributed by atoms with E-state index < -0.39 is 16.1 Å². The Kier molecular flexibility index (Phi) is 7.19. The lowest BCUT2D eigenvalue weighted by Crippen LogP contribution is -2.51. The summed E-state index contributed by atoms with van der Waals surface area (Å²) in [7, 11) is -2.18. The summed E-state index contributed by atoms with van der Waals surface area (Å²) in [6.07, 6.45) is 0.0720. The van der Waals surface area contributed by atoms with Gasteiger partial charge in [-0.05, 0) is 31.5 Å². The number of carbonyl (C=O) groups is 2. The molecule has 11 heteroatoms. The molecule has 1 fully saturated rings. The first-order chi connectivity index (χ1) is 15.1. The summed E-state index contributed by atoms with van der Waals surface area (Å²) >= 11 is 0. The van der Waals surface area contributed by atoms with Gasteiger partial charge in [0.1, 0.15) is 16.3 Å². The van der Waals surface area contributed by atoms with Crippen LogP contribution in [-0.2, 0) is 19.6 Å². The number of nitrogens with one attached hydrogen (secondary N) is 1. The van der Waals surface area contributed by atoms with Gasteiger partial charge in [0.15, 0.2) is 5.76 Å². The molecule has 0 radical (unpaired) electrons. The number of rotatable bonds is 7. The Morgan fingerprint density at radius 2 is 1.78 bits per heavy atom. The van der Waals surface area contributed by atoms with E-state index in [9.17, 15) is 18.0 Å². The third-order valence-electron chi connectivity index (χ3n) is 5.43. The SMILES string of the molecule is COc1ccc([C@H](CC(=O)N2CCN(S(=O)(=O)c3c(C)noc3C)CC2)NC(C)=O)cc1. The summed E-state index contributed by atoms with van der Waals surface area (Å²) in [4.78, 5) is 26.3. The molecule has 0 aliphatic carbocycles. The smallest absolute Gasteiger partial charge is 0.248 e. The zero-order chi connectivity index (χ0) is 23.5. The van der Waals surface area contributed by atoms with Crippen molar-refractivity contribution in [3.05, 3.63) is 41.3 Å². The van der Waals surface area contributed by atoms with Crippen molar-refractivity contribution in [3.63, 3.8) is 0 Å². The van der Waals surface area contributed by atoms with Gasteiger partial charge in [0.25, 0.3) is 0 Å². The van der Waals surface area contributed by atoms with Crippen LogP contribution in [-0.4, -0.2) is 67.9 Å². The molecule has 1 aromatic carbocycles. The molecule has 10 nitrogen and oxygen atoms in total. The second-order valence-electron chi connectivity index (χ2n) is 7.67.